The Morgan fingerprint density at radius 3 is 2.60 bits per heavy atom. The minimum Gasteiger partial charge on any atom is -0.480 e. The van der Waals surface area contributed by atoms with E-state index >= 15 is 0 Å². The van der Waals surface area contributed by atoms with E-state index < -0.39 is 6.04 Å². The van der Waals surface area contributed by atoms with Crippen molar-refractivity contribution in [3.8, 4) is 5.88 Å². The third kappa shape index (κ3) is 3.50. The van der Waals surface area contributed by atoms with Crippen molar-refractivity contribution in [3.63, 3.8) is 0 Å². The van der Waals surface area contributed by atoms with Gasteiger partial charge >= 0.3 is 0 Å². The number of imidazole rings is 1. The molecule has 1 amide bonds. The fourth-order valence-corrected chi connectivity index (χ4v) is 2.54. The first kappa shape index (κ1) is 16.6. The predicted molar refractivity (Wildman–Crippen MR) is 89.7 cm³/mol. The SMILES string of the molecule is COc1ncccc1C(=O)NC(c1ccc(F)cc1)c1nccn1C. The Labute approximate surface area is 144 Å². The molecule has 1 N–H and O–H groups in total. The first-order valence-corrected chi connectivity index (χ1v) is 7.62. The minimum absolute atomic E-state index is 0.234. The van der Waals surface area contributed by atoms with E-state index in [4.69, 9.17) is 4.74 Å². The highest BCUT2D eigenvalue weighted by atomic mass is 19.1. The number of benzene rings is 1. The molecule has 0 aliphatic heterocycles. The number of pyridine rings is 1. The molecule has 0 saturated heterocycles. The highest BCUT2D eigenvalue weighted by Crippen LogP contribution is 2.23. The third-order valence-corrected chi connectivity index (χ3v) is 3.80. The van der Waals surface area contributed by atoms with Crippen LogP contribution in [-0.4, -0.2) is 27.6 Å². The molecule has 128 valence electrons. The monoisotopic (exact) mass is 340 g/mol. The van der Waals surface area contributed by atoms with E-state index in [1.165, 1.54) is 19.2 Å². The number of amides is 1. The molecule has 0 radical (unpaired) electrons. The van der Waals surface area contributed by atoms with Crippen molar-refractivity contribution < 1.29 is 13.9 Å². The zero-order valence-electron chi connectivity index (χ0n) is 13.8. The van der Waals surface area contributed by atoms with Crippen molar-refractivity contribution in [1.82, 2.24) is 19.9 Å². The summed E-state index contributed by atoms with van der Waals surface area (Å²) in [4.78, 5) is 21.1. The summed E-state index contributed by atoms with van der Waals surface area (Å²) in [5.41, 5.74) is 1.03. The number of nitrogens with one attached hydrogen (secondary N) is 1. The first-order chi connectivity index (χ1) is 12.1. The summed E-state index contributed by atoms with van der Waals surface area (Å²) < 4.78 is 20.2. The maximum absolute atomic E-state index is 13.3. The fourth-order valence-electron chi connectivity index (χ4n) is 2.54. The molecule has 0 aliphatic rings. The molecule has 0 bridgehead atoms. The molecule has 0 aliphatic carbocycles. The summed E-state index contributed by atoms with van der Waals surface area (Å²) in [6.45, 7) is 0. The molecular weight excluding hydrogens is 323 g/mol. The number of halogens is 1. The van der Waals surface area contributed by atoms with Crippen molar-refractivity contribution in [1.29, 1.82) is 0 Å². The lowest BCUT2D eigenvalue weighted by Crippen LogP contribution is -2.31. The molecule has 0 fully saturated rings. The average Bonchev–Trinajstić information content (AvgIpc) is 3.06. The van der Waals surface area contributed by atoms with E-state index in [9.17, 15) is 9.18 Å². The summed E-state index contributed by atoms with van der Waals surface area (Å²) in [6, 6.07) is 8.68. The third-order valence-electron chi connectivity index (χ3n) is 3.80. The normalized spacial score (nSPS) is 11.8. The summed E-state index contributed by atoms with van der Waals surface area (Å²) in [6.07, 6.45) is 4.97. The van der Waals surface area contributed by atoms with E-state index in [2.05, 4.69) is 15.3 Å². The lowest BCUT2D eigenvalue weighted by molar-refractivity contribution is 0.0937. The van der Waals surface area contributed by atoms with E-state index in [1.54, 1.807) is 47.4 Å². The van der Waals surface area contributed by atoms with E-state index in [0.717, 1.165) is 0 Å². The number of ether oxygens (including phenoxy) is 1. The van der Waals surface area contributed by atoms with E-state index in [0.29, 0.717) is 17.0 Å². The van der Waals surface area contributed by atoms with Crippen LogP contribution in [0.15, 0.2) is 55.0 Å². The Morgan fingerprint density at radius 1 is 1.20 bits per heavy atom. The lowest BCUT2D eigenvalue weighted by atomic mass is 10.1. The second-order valence-corrected chi connectivity index (χ2v) is 5.41. The van der Waals surface area contributed by atoms with Gasteiger partial charge in [-0.25, -0.2) is 14.4 Å². The van der Waals surface area contributed by atoms with Crippen LogP contribution in [0.25, 0.3) is 0 Å². The number of aromatic nitrogens is 3. The van der Waals surface area contributed by atoms with Crippen LogP contribution < -0.4 is 10.1 Å². The second-order valence-electron chi connectivity index (χ2n) is 5.41. The number of hydrogen-bond acceptors (Lipinski definition) is 4. The molecule has 1 unspecified atom stereocenters. The minimum atomic E-state index is -0.544. The summed E-state index contributed by atoms with van der Waals surface area (Å²) in [5.74, 6) is 0.158. The van der Waals surface area contributed by atoms with Gasteiger partial charge in [-0.3, -0.25) is 4.79 Å². The molecule has 25 heavy (non-hydrogen) atoms. The number of methoxy groups -OCH3 is 1. The van der Waals surface area contributed by atoms with Crippen LogP contribution >= 0.6 is 0 Å². The standard InChI is InChI=1S/C18H17FN4O2/c1-23-11-10-20-16(23)15(12-5-7-13(19)8-6-12)22-17(24)14-4-3-9-21-18(14)25-2/h3-11,15H,1-2H3,(H,22,24). The van der Waals surface area contributed by atoms with Gasteiger partial charge in [0.15, 0.2) is 0 Å². The molecular formula is C18H17FN4O2. The van der Waals surface area contributed by atoms with Gasteiger partial charge in [-0.2, -0.15) is 0 Å². The second kappa shape index (κ2) is 7.12. The molecule has 1 aromatic carbocycles. The van der Waals surface area contributed by atoms with Crippen molar-refractivity contribution in [3.05, 3.63) is 77.8 Å². The topological polar surface area (TPSA) is 69.0 Å². The molecule has 3 rings (SSSR count). The quantitative estimate of drug-likeness (QED) is 0.775. The highest BCUT2D eigenvalue weighted by molar-refractivity contribution is 5.96. The number of nitrogens with zero attached hydrogens (tertiary/aromatic N) is 3. The smallest absolute Gasteiger partial charge is 0.257 e. The zero-order chi connectivity index (χ0) is 17.8. The van der Waals surface area contributed by atoms with E-state index in [-0.39, 0.29) is 17.6 Å². The van der Waals surface area contributed by atoms with Crippen molar-refractivity contribution in [2.45, 2.75) is 6.04 Å². The molecule has 0 saturated carbocycles. The van der Waals surface area contributed by atoms with Gasteiger partial charge in [0.05, 0.1) is 7.11 Å². The van der Waals surface area contributed by atoms with Gasteiger partial charge in [0.1, 0.15) is 23.2 Å². The van der Waals surface area contributed by atoms with Crippen molar-refractivity contribution >= 4 is 5.91 Å². The van der Waals surface area contributed by atoms with Gasteiger partial charge in [0, 0.05) is 25.6 Å². The van der Waals surface area contributed by atoms with Crippen LogP contribution in [-0.2, 0) is 7.05 Å². The molecule has 3 aromatic rings. The Bertz CT molecular complexity index is 877. The van der Waals surface area contributed by atoms with Crippen LogP contribution in [0, 0.1) is 5.82 Å². The molecule has 1 atom stereocenters. The highest BCUT2D eigenvalue weighted by Gasteiger charge is 2.23. The Balaban J connectivity index is 1.97. The molecule has 0 spiro atoms. The number of hydrogen-bond donors (Lipinski definition) is 1. The van der Waals surface area contributed by atoms with E-state index in [1.807, 2.05) is 7.05 Å². The average molecular weight is 340 g/mol. The largest absolute Gasteiger partial charge is 0.480 e. The van der Waals surface area contributed by atoms with Crippen LogP contribution in [0.5, 0.6) is 5.88 Å². The van der Waals surface area contributed by atoms with Gasteiger partial charge in [-0.05, 0) is 29.8 Å². The van der Waals surface area contributed by atoms with Gasteiger partial charge in [0.2, 0.25) is 5.88 Å². The van der Waals surface area contributed by atoms with Crippen LogP contribution in [0.1, 0.15) is 27.8 Å². The molecule has 2 heterocycles. The number of carbonyl (C=O) groups excluding carboxylic acids is 1. The lowest BCUT2D eigenvalue weighted by Gasteiger charge is -2.19. The Hall–Kier alpha value is -3.22. The number of carbonyl (C=O) groups is 1. The number of aryl methyl sites for hydroxylation is 1. The molecule has 7 heteroatoms. The van der Waals surface area contributed by atoms with Crippen molar-refractivity contribution in [2.75, 3.05) is 7.11 Å². The van der Waals surface area contributed by atoms with Gasteiger partial charge in [-0.15, -0.1) is 0 Å². The summed E-state index contributed by atoms with van der Waals surface area (Å²) in [7, 11) is 3.28. The molecule has 2 aromatic heterocycles. The zero-order valence-corrected chi connectivity index (χ0v) is 13.8. The predicted octanol–water partition coefficient (Wildman–Crippen LogP) is 2.48. The summed E-state index contributed by atoms with van der Waals surface area (Å²) >= 11 is 0. The Kier molecular flexibility index (Phi) is 4.74. The van der Waals surface area contributed by atoms with Crippen LogP contribution in [0.2, 0.25) is 0 Å². The molecule has 6 nitrogen and oxygen atoms in total. The fraction of sp³-hybridized carbons (Fsp3) is 0.167. The van der Waals surface area contributed by atoms with Gasteiger partial charge in [-0.1, -0.05) is 12.1 Å². The maximum Gasteiger partial charge on any atom is 0.257 e. The van der Waals surface area contributed by atoms with Gasteiger partial charge in [0.25, 0.3) is 5.91 Å². The van der Waals surface area contributed by atoms with Gasteiger partial charge < -0.3 is 14.6 Å². The Morgan fingerprint density at radius 2 is 1.96 bits per heavy atom. The van der Waals surface area contributed by atoms with Crippen LogP contribution in [0.3, 0.4) is 0 Å². The summed E-state index contributed by atoms with van der Waals surface area (Å²) in [5, 5.41) is 2.92. The van der Waals surface area contributed by atoms with Crippen molar-refractivity contribution in [2.24, 2.45) is 7.05 Å². The van der Waals surface area contributed by atoms with Crippen LogP contribution in [0.4, 0.5) is 4.39 Å². The number of rotatable bonds is 5. The maximum atomic E-state index is 13.3. The first-order valence-electron chi connectivity index (χ1n) is 7.62.